The highest BCUT2D eigenvalue weighted by Gasteiger charge is 2.18. The predicted molar refractivity (Wildman–Crippen MR) is 184 cm³/mol. The van der Waals surface area contributed by atoms with E-state index in [9.17, 15) is 0 Å². The normalized spacial score (nSPS) is 11.6. The molecule has 45 heavy (non-hydrogen) atoms. The molecule has 4 heteroatoms. The highest BCUT2D eigenvalue weighted by atomic mass is 16.3. The summed E-state index contributed by atoms with van der Waals surface area (Å²) < 4.78 is 6.39. The van der Waals surface area contributed by atoms with Gasteiger partial charge in [-0.15, -0.1) is 0 Å². The molecule has 0 radical (unpaired) electrons. The number of nitrogens with zero attached hydrogens (tertiary/aromatic N) is 3. The largest absolute Gasteiger partial charge is 0.456 e. The fraction of sp³-hybridized carbons (Fsp3) is 0. The van der Waals surface area contributed by atoms with Gasteiger partial charge >= 0.3 is 0 Å². The summed E-state index contributed by atoms with van der Waals surface area (Å²) in [6.45, 7) is 0. The first-order chi connectivity index (χ1) is 22.3. The van der Waals surface area contributed by atoms with E-state index in [-0.39, 0.29) is 0 Å². The third-order valence-corrected chi connectivity index (χ3v) is 8.48. The summed E-state index contributed by atoms with van der Waals surface area (Å²) in [6, 6.07) is 52.3. The monoisotopic (exact) mass is 575 g/mol. The van der Waals surface area contributed by atoms with Crippen molar-refractivity contribution in [3.63, 3.8) is 0 Å². The van der Waals surface area contributed by atoms with Gasteiger partial charge in [0.2, 0.25) is 0 Å². The average molecular weight is 576 g/mol. The molecule has 0 N–H and O–H groups in total. The van der Waals surface area contributed by atoms with Crippen molar-refractivity contribution in [2.75, 3.05) is 0 Å². The first kappa shape index (κ1) is 25.4. The van der Waals surface area contributed by atoms with Crippen LogP contribution in [-0.4, -0.2) is 15.0 Å². The second-order valence-electron chi connectivity index (χ2n) is 11.3. The molecule has 0 saturated carbocycles. The Kier molecular flexibility index (Phi) is 5.78. The van der Waals surface area contributed by atoms with E-state index in [0.717, 1.165) is 65.9 Å². The molecule has 9 rings (SSSR count). The van der Waals surface area contributed by atoms with Crippen LogP contribution >= 0.6 is 0 Å². The number of aromatic nitrogens is 3. The molecule has 0 fully saturated rings. The highest BCUT2D eigenvalue weighted by Crippen LogP contribution is 2.38. The molecule has 0 atom stereocenters. The van der Waals surface area contributed by atoms with Crippen LogP contribution in [0, 0.1) is 0 Å². The SMILES string of the molecule is c1ccc(-c2cccc(-c3nc(-c4ccc5ccccc5c4)nc(-c4cccc5oc6cc7ccccc7cc6c45)n3)c2)cc1. The van der Waals surface area contributed by atoms with Gasteiger partial charge in [0, 0.05) is 27.5 Å². The van der Waals surface area contributed by atoms with Crippen molar-refractivity contribution in [1.29, 1.82) is 0 Å². The van der Waals surface area contributed by atoms with Gasteiger partial charge in [-0.05, 0) is 63.0 Å². The van der Waals surface area contributed by atoms with Crippen LogP contribution in [0.25, 0.3) is 88.8 Å². The zero-order chi connectivity index (χ0) is 29.7. The lowest BCUT2D eigenvalue weighted by Gasteiger charge is -2.11. The van der Waals surface area contributed by atoms with Gasteiger partial charge in [0.15, 0.2) is 17.5 Å². The summed E-state index contributed by atoms with van der Waals surface area (Å²) in [7, 11) is 0. The number of furan rings is 1. The third-order valence-electron chi connectivity index (χ3n) is 8.48. The molecule has 0 amide bonds. The summed E-state index contributed by atoms with van der Waals surface area (Å²) in [4.78, 5) is 15.3. The van der Waals surface area contributed by atoms with Crippen molar-refractivity contribution in [3.05, 3.63) is 152 Å². The average Bonchev–Trinajstić information content (AvgIpc) is 3.48. The van der Waals surface area contributed by atoms with Crippen LogP contribution in [0.1, 0.15) is 0 Å². The van der Waals surface area contributed by atoms with Gasteiger partial charge in [0.25, 0.3) is 0 Å². The van der Waals surface area contributed by atoms with Crippen LogP contribution in [0.5, 0.6) is 0 Å². The number of hydrogen-bond donors (Lipinski definition) is 0. The van der Waals surface area contributed by atoms with Crippen molar-refractivity contribution in [1.82, 2.24) is 15.0 Å². The van der Waals surface area contributed by atoms with E-state index in [4.69, 9.17) is 19.4 Å². The van der Waals surface area contributed by atoms with Crippen molar-refractivity contribution in [2.24, 2.45) is 0 Å². The fourth-order valence-corrected chi connectivity index (χ4v) is 6.25. The number of hydrogen-bond acceptors (Lipinski definition) is 4. The second kappa shape index (κ2) is 10.2. The molecule has 2 heterocycles. The third kappa shape index (κ3) is 4.43. The number of benzene rings is 7. The summed E-state index contributed by atoms with van der Waals surface area (Å²) in [6.07, 6.45) is 0. The van der Waals surface area contributed by atoms with Gasteiger partial charge in [-0.3, -0.25) is 0 Å². The lowest BCUT2D eigenvalue weighted by Crippen LogP contribution is -2.00. The standard InChI is InChI=1S/C41H25N3O/c1-2-10-26(11-3-1)29-16-8-17-32(22-29)39-42-40(33-21-20-27-12-4-5-13-28(27)23-33)44-41(43-39)34-18-9-19-36-38(34)35-24-30-14-6-7-15-31(30)25-37(35)45-36/h1-25H. The molecule has 2 aromatic heterocycles. The summed E-state index contributed by atoms with van der Waals surface area (Å²) in [5.74, 6) is 1.85. The van der Waals surface area contributed by atoms with Crippen LogP contribution in [0.4, 0.5) is 0 Å². The van der Waals surface area contributed by atoms with Crippen LogP contribution < -0.4 is 0 Å². The minimum atomic E-state index is 0.606. The van der Waals surface area contributed by atoms with E-state index in [1.165, 1.54) is 5.39 Å². The van der Waals surface area contributed by atoms with E-state index in [1.54, 1.807) is 0 Å². The molecule has 4 nitrogen and oxygen atoms in total. The molecule has 0 bridgehead atoms. The lowest BCUT2D eigenvalue weighted by atomic mass is 10.0. The van der Waals surface area contributed by atoms with E-state index >= 15 is 0 Å². The molecule has 0 spiro atoms. The molecule has 0 aliphatic rings. The summed E-state index contributed by atoms with van der Waals surface area (Å²) in [5.41, 5.74) is 6.67. The Bertz CT molecular complexity index is 2550. The van der Waals surface area contributed by atoms with Crippen LogP contribution in [0.3, 0.4) is 0 Å². The lowest BCUT2D eigenvalue weighted by molar-refractivity contribution is 0.669. The second-order valence-corrected chi connectivity index (χ2v) is 11.3. The Labute approximate surface area is 259 Å². The Morgan fingerprint density at radius 2 is 0.956 bits per heavy atom. The number of fused-ring (bicyclic) bond motifs is 5. The molecule has 0 aliphatic carbocycles. The zero-order valence-corrected chi connectivity index (χ0v) is 24.2. The maximum absolute atomic E-state index is 6.39. The van der Waals surface area contributed by atoms with E-state index in [2.05, 4.69) is 133 Å². The highest BCUT2D eigenvalue weighted by molar-refractivity contribution is 6.15. The smallest absolute Gasteiger partial charge is 0.164 e. The molecule has 0 aliphatic heterocycles. The first-order valence-corrected chi connectivity index (χ1v) is 15.0. The van der Waals surface area contributed by atoms with Crippen molar-refractivity contribution < 1.29 is 4.42 Å². The fourth-order valence-electron chi connectivity index (χ4n) is 6.25. The summed E-state index contributed by atoms with van der Waals surface area (Å²) in [5, 5.41) is 6.66. The molecule has 210 valence electrons. The molecular weight excluding hydrogens is 550 g/mol. The van der Waals surface area contributed by atoms with Gasteiger partial charge in [-0.2, -0.15) is 0 Å². The van der Waals surface area contributed by atoms with Crippen LogP contribution in [0.2, 0.25) is 0 Å². The Morgan fingerprint density at radius 1 is 0.356 bits per heavy atom. The van der Waals surface area contributed by atoms with Gasteiger partial charge in [0.05, 0.1) is 0 Å². The van der Waals surface area contributed by atoms with Gasteiger partial charge < -0.3 is 4.42 Å². The maximum atomic E-state index is 6.39. The van der Waals surface area contributed by atoms with Gasteiger partial charge in [-0.1, -0.05) is 121 Å². The zero-order valence-electron chi connectivity index (χ0n) is 24.2. The minimum absolute atomic E-state index is 0.606. The quantitative estimate of drug-likeness (QED) is 0.209. The Balaban J connectivity index is 1.29. The Hall–Kier alpha value is -6.13. The van der Waals surface area contributed by atoms with Crippen molar-refractivity contribution in [2.45, 2.75) is 0 Å². The Morgan fingerprint density at radius 3 is 1.76 bits per heavy atom. The first-order valence-electron chi connectivity index (χ1n) is 15.0. The van der Waals surface area contributed by atoms with Crippen LogP contribution in [0.15, 0.2) is 156 Å². The van der Waals surface area contributed by atoms with E-state index < -0.39 is 0 Å². The number of rotatable bonds is 4. The van der Waals surface area contributed by atoms with E-state index in [0.29, 0.717) is 17.5 Å². The maximum Gasteiger partial charge on any atom is 0.164 e. The van der Waals surface area contributed by atoms with Crippen molar-refractivity contribution in [3.8, 4) is 45.3 Å². The molecular formula is C41H25N3O. The molecule has 9 aromatic rings. The van der Waals surface area contributed by atoms with Gasteiger partial charge in [-0.25, -0.2) is 15.0 Å². The van der Waals surface area contributed by atoms with E-state index in [1.807, 2.05) is 18.2 Å². The van der Waals surface area contributed by atoms with Crippen LogP contribution in [-0.2, 0) is 0 Å². The summed E-state index contributed by atoms with van der Waals surface area (Å²) >= 11 is 0. The topological polar surface area (TPSA) is 51.8 Å². The van der Waals surface area contributed by atoms with Crippen molar-refractivity contribution >= 4 is 43.5 Å². The molecule has 0 saturated heterocycles. The molecule has 0 unspecified atom stereocenters. The van der Waals surface area contributed by atoms with Gasteiger partial charge in [0.1, 0.15) is 11.2 Å². The molecule has 7 aromatic carbocycles. The predicted octanol–water partition coefficient (Wildman–Crippen LogP) is 10.7. The minimum Gasteiger partial charge on any atom is -0.456 e.